The van der Waals surface area contributed by atoms with Crippen LogP contribution in [0.5, 0.6) is 0 Å². The first kappa shape index (κ1) is 21.8. The van der Waals surface area contributed by atoms with Gasteiger partial charge < -0.3 is 0 Å². The first-order valence-electron chi connectivity index (χ1n) is 9.37. The molecule has 2 aromatic carbocycles. The highest BCUT2D eigenvalue weighted by molar-refractivity contribution is 7.89. The number of hydrazine groups is 1. The fourth-order valence-electron chi connectivity index (χ4n) is 3.39. The van der Waals surface area contributed by atoms with Crippen LogP contribution in [0.4, 0.5) is 13.2 Å². The summed E-state index contributed by atoms with van der Waals surface area (Å²) in [5.74, 6) is 0. The molecule has 0 aliphatic carbocycles. The SMILES string of the molecule is CN(CCCC1CC(c2ccccc2)NN1)S(=O)(=O)c1ccc(C(F)(F)F)cc1. The maximum Gasteiger partial charge on any atom is 0.416 e. The monoisotopic (exact) mass is 427 g/mol. The Balaban J connectivity index is 1.50. The lowest BCUT2D eigenvalue weighted by Crippen LogP contribution is -2.32. The third-order valence-corrected chi connectivity index (χ3v) is 6.97. The number of halogens is 3. The predicted octanol–water partition coefficient (Wildman–Crippen LogP) is 3.71. The van der Waals surface area contributed by atoms with Gasteiger partial charge in [0.05, 0.1) is 10.5 Å². The number of rotatable bonds is 7. The summed E-state index contributed by atoms with van der Waals surface area (Å²) in [5.41, 5.74) is 6.84. The number of sulfonamides is 1. The van der Waals surface area contributed by atoms with Crippen LogP contribution < -0.4 is 10.9 Å². The van der Waals surface area contributed by atoms with Gasteiger partial charge in [-0.25, -0.2) is 12.7 Å². The van der Waals surface area contributed by atoms with E-state index < -0.39 is 21.8 Å². The Bertz CT molecular complexity index is 903. The topological polar surface area (TPSA) is 61.4 Å². The van der Waals surface area contributed by atoms with E-state index >= 15 is 0 Å². The van der Waals surface area contributed by atoms with Crippen LogP contribution >= 0.6 is 0 Å². The Hall–Kier alpha value is -1.94. The summed E-state index contributed by atoms with van der Waals surface area (Å²) >= 11 is 0. The fourth-order valence-corrected chi connectivity index (χ4v) is 4.60. The second-order valence-electron chi connectivity index (χ2n) is 7.18. The summed E-state index contributed by atoms with van der Waals surface area (Å²) in [4.78, 5) is -0.141. The zero-order valence-corrected chi connectivity index (χ0v) is 16.8. The molecule has 1 heterocycles. The smallest absolute Gasteiger partial charge is 0.254 e. The lowest BCUT2D eigenvalue weighted by atomic mass is 10.00. The molecule has 2 N–H and O–H groups in total. The van der Waals surface area contributed by atoms with Crippen LogP contribution in [0, 0.1) is 0 Å². The van der Waals surface area contributed by atoms with E-state index in [9.17, 15) is 21.6 Å². The Morgan fingerprint density at radius 2 is 1.69 bits per heavy atom. The zero-order valence-electron chi connectivity index (χ0n) is 16.0. The highest BCUT2D eigenvalue weighted by Gasteiger charge is 2.31. The quantitative estimate of drug-likeness (QED) is 0.707. The second kappa shape index (κ2) is 8.83. The minimum atomic E-state index is -4.49. The molecule has 1 aliphatic heterocycles. The molecule has 0 spiro atoms. The zero-order chi connectivity index (χ0) is 21.1. The van der Waals surface area contributed by atoms with Crippen LogP contribution in [-0.2, 0) is 16.2 Å². The third-order valence-electron chi connectivity index (χ3n) is 5.10. The van der Waals surface area contributed by atoms with E-state index in [0.717, 1.165) is 37.1 Å². The van der Waals surface area contributed by atoms with Gasteiger partial charge in [0.25, 0.3) is 0 Å². The molecule has 5 nitrogen and oxygen atoms in total. The van der Waals surface area contributed by atoms with Gasteiger partial charge in [-0.15, -0.1) is 0 Å². The van der Waals surface area contributed by atoms with Crippen molar-refractivity contribution in [2.75, 3.05) is 13.6 Å². The Labute approximate surface area is 168 Å². The maximum atomic E-state index is 12.7. The number of nitrogens with zero attached hydrogens (tertiary/aromatic N) is 1. The third kappa shape index (κ3) is 5.36. The maximum absolute atomic E-state index is 12.7. The standard InChI is InChI=1S/C20H24F3N3O2S/c1-26(29(27,28)18-11-9-16(10-12-18)20(21,22)23)13-5-8-17-14-19(25-24-17)15-6-3-2-4-7-15/h2-4,6-7,9-12,17,19,24-25H,5,8,13-14H2,1H3. The second-order valence-corrected chi connectivity index (χ2v) is 9.22. The van der Waals surface area contributed by atoms with Gasteiger partial charge in [-0.2, -0.15) is 13.2 Å². The van der Waals surface area contributed by atoms with Crippen molar-refractivity contribution in [3.63, 3.8) is 0 Å². The molecule has 1 saturated heterocycles. The van der Waals surface area contributed by atoms with Gasteiger partial charge in [-0.1, -0.05) is 30.3 Å². The molecule has 3 rings (SSSR count). The lowest BCUT2D eigenvalue weighted by Gasteiger charge is -2.18. The minimum absolute atomic E-state index is 0.141. The molecule has 158 valence electrons. The van der Waals surface area contributed by atoms with E-state index in [4.69, 9.17) is 0 Å². The molecule has 2 atom stereocenters. The highest BCUT2D eigenvalue weighted by atomic mass is 32.2. The number of benzene rings is 2. The molecule has 0 aromatic heterocycles. The summed E-state index contributed by atoms with van der Waals surface area (Å²) < 4.78 is 64.3. The van der Waals surface area contributed by atoms with E-state index in [0.29, 0.717) is 6.42 Å². The molecular formula is C20H24F3N3O2S. The van der Waals surface area contributed by atoms with Gasteiger partial charge in [-0.05, 0) is 49.1 Å². The summed E-state index contributed by atoms with van der Waals surface area (Å²) in [7, 11) is -2.38. The number of hydrogen-bond acceptors (Lipinski definition) is 4. The number of alkyl halides is 3. The summed E-state index contributed by atoms with van der Waals surface area (Å²) in [6.45, 7) is 0.289. The van der Waals surface area contributed by atoms with Crippen molar-refractivity contribution in [1.29, 1.82) is 0 Å². The summed E-state index contributed by atoms with van der Waals surface area (Å²) in [5, 5.41) is 0. The predicted molar refractivity (Wildman–Crippen MR) is 104 cm³/mol. The van der Waals surface area contributed by atoms with E-state index in [1.54, 1.807) is 0 Å². The normalized spacial score (nSPS) is 20.3. The van der Waals surface area contributed by atoms with Crippen molar-refractivity contribution in [2.45, 2.75) is 42.4 Å². The van der Waals surface area contributed by atoms with Crippen LogP contribution in [0.15, 0.2) is 59.5 Å². The largest absolute Gasteiger partial charge is 0.416 e. The van der Waals surface area contributed by atoms with Crippen LogP contribution in [0.2, 0.25) is 0 Å². The van der Waals surface area contributed by atoms with Crippen molar-refractivity contribution in [3.8, 4) is 0 Å². The van der Waals surface area contributed by atoms with Crippen molar-refractivity contribution >= 4 is 10.0 Å². The van der Waals surface area contributed by atoms with Crippen molar-refractivity contribution in [2.24, 2.45) is 0 Å². The first-order chi connectivity index (χ1) is 13.7. The molecule has 2 aromatic rings. The minimum Gasteiger partial charge on any atom is -0.254 e. The van der Waals surface area contributed by atoms with Crippen LogP contribution in [0.1, 0.15) is 36.4 Å². The molecule has 9 heteroatoms. The molecule has 0 saturated carbocycles. The van der Waals surface area contributed by atoms with E-state index in [2.05, 4.69) is 23.0 Å². The van der Waals surface area contributed by atoms with Gasteiger partial charge >= 0.3 is 6.18 Å². The Kier molecular flexibility index (Phi) is 6.62. The number of hydrogen-bond donors (Lipinski definition) is 2. The van der Waals surface area contributed by atoms with Crippen molar-refractivity contribution in [3.05, 3.63) is 65.7 Å². The number of nitrogens with one attached hydrogen (secondary N) is 2. The van der Waals surface area contributed by atoms with Gasteiger partial charge in [0, 0.05) is 25.7 Å². The molecule has 1 aliphatic rings. The molecule has 29 heavy (non-hydrogen) atoms. The van der Waals surface area contributed by atoms with E-state index in [1.165, 1.54) is 16.9 Å². The van der Waals surface area contributed by atoms with Gasteiger partial charge in [0.2, 0.25) is 10.0 Å². The summed E-state index contributed by atoms with van der Waals surface area (Å²) in [6.07, 6.45) is -2.17. The molecular weight excluding hydrogens is 403 g/mol. The van der Waals surface area contributed by atoms with Crippen molar-refractivity contribution in [1.82, 2.24) is 15.2 Å². The van der Waals surface area contributed by atoms with Gasteiger partial charge in [-0.3, -0.25) is 10.9 Å². The Morgan fingerprint density at radius 1 is 1.03 bits per heavy atom. The van der Waals surface area contributed by atoms with Crippen LogP contribution in [0.3, 0.4) is 0 Å². The van der Waals surface area contributed by atoms with E-state index in [1.807, 2.05) is 18.2 Å². The molecule has 2 unspecified atom stereocenters. The average molecular weight is 427 g/mol. The van der Waals surface area contributed by atoms with Crippen molar-refractivity contribution < 1.29 is 21.6 Å². The molecule has 0 bridgehead atoms. The van der Waals surface area contributed by atoms with E-state index in [-0.39, 0.29) is 23.5 Å². The van der Waals surface area contributed by atoms with Gasteiger partial charge in [0.1, 0.15) is 0 Å². The van der Waals surface area contributed by atoms with Crippen LogP contribution in [-0.4, -0.2) is 32.4 Å². The lowest BCUT2D eigenvalue weighted by molar-refractivity contribution is -0.137. The molecule has 1 fully saturated rings. The van der Waals surface area contributed by atoms with Gasteiger partial charge in [0.15, 0.2) is 0 Å². The molecule has 0 amide bonds. The van der Waals surface area contributed by atoms with Crippen LogP contribution in [0.25, 0.3) is 0 Å². The highest BCUT2D eigenvalue weighted by Crippen LogP contribution is 2.30. The molecule has 0 radical (unpaired) electrons. The summed E-state index contributed by atoms with van der Waals surface area (Å²) in [6, 6.07) is 14.1. The first-order valence-corrected chi connectivity index (χ1v) is 10.8. The Morgan fingerprint density at radius 3 is 2.31 bits per heavy atom. The fraction of sp³-hybridized carbons (Fsp3) is 0.400. The average Bonchev–Trinajstić information content (AvgIpc) is 3.17.